The second kappa shape index (κ2) is 13.2. The van der Waals surface area contributed by atoms with Crippen LogP contribution in [0.1, 0.15) is 71.9 Å². The smallest absolute Gasteiger partial charge is 0.431 e. The molecular formula is C32H35FN2O8S. The van der Waals surface area contributed by atoms with Crippen LogP contribution < -0.4 is 5.32 Å². The van der Waals surface area contributed by atoms with Crippen LogP contribution in [-0.4, -0.2) is 50.0 Å². The standard InChI is InChI=1S/C32H35FN2O8S/c1-20-26(18-22-8-6-7-11-28(22)44(39,40)25-14-12-23(33)13-15-25)30-27(16-17-34-31(30)37)35(20)19-29(36)41-21(2)42-32(38)43-24-9-4-3-5-10-24/h6-8,11-15,21,24H,3-5,9-10,16-19H2,1-2H3,(H,34,37). The fourth-order valence-electron chi connectivity index (χ4n) is 5.90. The number of aromatic nitrogens is 1. The lowest BCUT2D eigenvalue weighted by molar-refractivity contribution is -0.169. The van der Waals surface area contributed by atoms with Crippen LogP contribution in [0.15, 0.2) is 58.3 Å². The number of nitrogens with zero attached hydrogens (tertiary/aromatic N) is 1. The number of fused-ring (bicyclic) bond motifs is 1. The third-order valence-corrected chi connectivity index (χ3v) is 9.92. The van der Waals surface area contributed by atoms with Crippen molar-refractivity contribution in [2.24, 2.45) is 0 Å². The maximum Gasteiger partial charge on any atom is 0.511 e. The maximum absolute atomic E-state index is 13.5. The summed E-state index contributed by atoms with van der Waals surface area (Å²) in [6, 6.07) is 11.1. The fraction of sp³-hybridized carbons (Fsp3) is 0.406. The molecule has 1 amide bonds. The van der Waals surface area contributed by atoms with Crippen LogP contribution in [0.2, 0.25) is 0 Å². The predicted octanol–water partition coefficient (Wildman–Crippen LogP) is 5.02. The molecule has 12 heteroatoms. The zero-order chi connectivity index (χ0) is 31.4. The molecule has 44 heavy (non-hydrogen) atoms. The Morgan fingerprint density at radius 1 is 1.05 bits per heavy atom. The Bertz CT molecular complexity index is 1660. The van der Waals surface area contributed by atoms with Crippen molar-refractivity contribution in [1.29, 1.82) is 0 Å². The summed E-state index contributed by atoms with van der Waals surface area (Å²) in [6.07, 6.45) is 2.90. The lowest BCUT2D eigenvalue weighted by Crippen LogP contribution is -2.33. The van der Waals surface area contributed by atoms with E-state index in [0.717, 1.165) is 44.2 Å². The van der Waals surface area contributed by atoms with Gasteiger partial charge in [0, 0.05) is 37.7 Å². The first-order chi connectivity index (χ1) is 21.0. The van der Waals surface area contributed by atoms with E-state index in [1.807, 2.05) is 0 Å². The molecule has 1 aliphatic heterocycles. The van der Waals surface area contributed by atoms with E-state index in [1.165, 1.54) is 25.1 Å². The number of nitrogens with one attached hydrogen (secondary N) is 1. The lowest BCUT2D eigenvalue weighted by Gasteiger charge is -2.22. The molecule has 234 valence electrons. The molecule has 0 saturated heterocycles. The topological polar surface area (TPSA) is 130 Å². The summed E-state index contributed by atoms with van der Waals surface area (Å²) in [6.45, 7) is 3.30. The minimum atomic E-state index is -4.00. The Morgan fingerprint density at radius 3 is 2.48 bits per heavy atom. The molecule has 0 spiro atoms. The molecule has 1 saturated carbocycles. The number of amides is 1. The van der Waals surface area contributed by atoms with Gasteiger partial charge in [0.05, 0.1) is 15.4 Å². The molecule has 10 nitrogen and oxygen atoms in total. The van der Waals surface area contributed by atoms with Crippen molar-refractivity contribution in [2.75, 3.05) is 6.54 Å². The summed E-state index contributed by atoms with van der Waals surface area (Å²) in [5, 5.41) is 2.83. The van der Waals surface area contributed by atoms with Crippen molar-refractivity contribution < 1.29 is 41.4 Å². The highest BCUT2D eigenvalue weighted by Crippen LogP contribution is 2.32. The summed E-state index contributed by atoms with van der Waals surface area (Å²) < 4.78 is 58.0. The van der Waals surface area contributed by atoms with Crippen molar-refractivity contribution in [2.45, 2.75) is 87.5 Å². The number of carbonyl (C=O) groups excluding carboxylic acids is 3. The van der Waals surface area contributed by atoms with Gasteiger partial charge in [0.25, 0.3) is 5.91 Å². The molecule has 2 aromatic carbocycles. The van der Waals surface area contributed by atoms with Gasteiger partial charge < -0.3 is 24.1 Å². The summed E-state index contributed by atoms with van der Waals surface area (Å²) >= 11 is 0. The van der Waals surface area contributed by atoms with E-state index >= 15 is 0 Å². The first kappa shape index (κ1) is 31.2. The van der Waals surface area contributed by atoms with Gasteiger partial charge >= 0.3 is 12.1 Å². The van der Waals surface area contributed by atoms with E-state index in [-0.39, 0.29) is 34.8 Å². The molecule has 1 fully saturated rings. The maximum atomic E-state index is 13.5. The lowest BCUT2D eigenvalue weighted by atomic mass is 9.97. The number of sulfone groups is 1. The normalized spacial score (nSPS) is 16.0. The molecule has 1 aromatic heterocycles. The van der Waals surface area contributed by atoms with Gasteiger partial charge in [-0.15, -0.1) is 0 Å². The Labute approximate surface area is 255 Å². The second-order valence-corrected chi connectivity index (χ2v) is 12.9. The molecule has 0 radical (unpaired) electrons. The summed E-state index contributed by atoms with van der Waals surface area (Å²) in [5.74, 6) is -1.55. The quantitative estimate of drug-likeness (QED) is 0.199. The van der Waals surface area contributed by atoms with E-state index in [1.54, 1.807) is 29.7 Å². The minimum Gasteiger partial charge on any atom is -0.431 e. The van der Waals surface area contributed by atoms with Crippen molar-refractivity contribution in [1.82, 2.24) is 9.88 Å². The van der Waals surface area contributed by atoms with Gasteiger partial charge in [-0.1, -0.05) is 24.6 Å². The van der Waals surface area contributed by atoms with E-state index in [2.05, 4.69) is 5.32 Å². The average molecular weight is 627 g/mol. The third-order valence-electron chi connectivity index (χ3n) is 8.05. The number of benzene rings is 2. The summed E-state index contributed by atoms with van der Waals surface area (Å²) in [4.78, 5) is 38.2. The van der Waals surface area contributed by atoms with Gasteiger partial charge in [0.1, 0.15) is 18.5 Å². The highest BCUT2D eigenvalue weighted by atomic mass is 32.2. The van der Waals surface area contributed by atoms with Crippen LogP contribution in [0.25, 0.3) is 0 Å². The van der Waals surface area contributed by atoms with Crippen LogP contribution in [-0.2, 0) is 48.2 Å². The first-order valence-electron chi connectivity index (χ1n) is 14.7. The summed E-state index contributed by atoms with van der Waals surface area (Å²) in [5.41, 5.74) is 2.63. The number of hydrogen-bond acceptors (Lipinski definition) is 8. The van der Waals surface area contributed by atoms with Gasteiger partial charge in [-0.3, -0.25) is 9.59 Å². The number of ether oxygens (including phenoxy) is 3. The van der Waals surface area contributed by atoms with Crippen molar-refractivity contribution in [3.05, 3.63) is 82.4 Å². The van der Waals surface area contributed by atoms with Crippen molar-refractivity contribution in [3.8, 4) is 0 Å². The van der Waals surface area contributed by atoms with Gasteiger partial charge in [-0.05, 0) is 74.1 Å². The van der Waals surface area contributed by atoms with Crippen LogP contribution >= 0.6 is 0 Å². The van der Waals surface area contributed by atoms with Crippen LogP contribution in [0.5, 0.6) is 0 Å². The van der Waals surface area contributed by atoms with E-state index in [0.29, 0.717) is 41.0 Å². The Hall–Kier alpha value is -4.19. The Morgan fingerprint density at radius 2 is 1.75 bits per heavy atom. The minimum absolute atomic E-state index is 0.0363. The molecule has 5 rings (SSSR count). The predicted molar refractivity (Wildman–Crippen MR) is 156 cm³/mol. The molecule has 1 aliphatic carbocycles. The number of carbonyl (C=O) groups is 3. The Balaban J connectivity index is 1.36. The van der Waals surface area contributed by atoms with Gasteiger partial charge in [0.15, 0.2) is 0 Å². The molecule has 2 aliphatic rings. The van der Waals surface area contributed by atoms with Crippen LogP contribution in [0.3, 0.4) is 0 Å². The van der Waals surface area contributed by atoms with Gasteiger partial charge in [0.2, 0.25) is 16.1 Å². The first-order valence-corrected chi connectivity index (χ1v) is 16.2. The van der Waals surface area contributed by atoms with Crippen molar-refractivity contribution >= 4 is 27.9 Å². The molecule has 2 heterocycles. The molecule has 0 bridgehead atoms. The number of esters is 1. The van der Waals surface area contributed by atoms with Gasteiger partial charge in [-0.2, -0.15) is 0 Å². The zero-order valence-electron chi connectivity index (χ0n) is 24.6. The largest absolute Gasteiger partial charge is 0.511 e. The molecule has 3 aromatic rings. The van der Waals surface area contributed by atoms with Crippen LogP contribution in [0.4, 0.5) is 9.18 Å². The van der Waals surface area contributed by atoms with E-state index in [4.69, 9.17) is 14.2 Å². The van der Waals surface area contributed by atoms with E-state index < -0.39 is 34.1 Å². The average Bonchev–Trinajstić information content (AvgIpc) is 3.24. The molecule has 1 atom stereocenters. The van der Waals surface area contributed by atoms with E-state index in [9.17, 15) is 27.2 Å². The monoisotopic (exact) mass is 626 g/mol. The second-order valence-electron chi connectivity index (χ2n) is 11.0. The Kier molecular flexibility index (Phi) is 9.38. The molecule has 1 unspecified atom stereocenters. The van der Waals surface area contributed by atoms with Crippen molar-refractivity contribution in [3.63, 3.8) is 0 Å². The molecular weight excluding hydrogens is 591 g/mol. The number of rotatable bonds is 9. The highest BCUT2D eigenvalue weighted by molar-refractivity contribution is 7.91. The SMILES string of the molecule is Cc1c(Cc2ccccc2S(=O)(=O)c2ccc(F)cc2)c2c(n1CC(=O)OC(C)OC(=O)OC1CCCCC1)CCNC2=O. The summed E-state index contributed by atoms with van der Waals surface area (Å²) in [7, 11) is -4.00. The highest BCUT2D eigenvalue weighted by Gasteiger charge is 2.31. The zero-order valence-corrected chi connectivity index (χ0v) is 25.5. The van der Waals surface area contributed by atoms with Gasteiger partial charge in [-0.25, -0.2) is 17.6 Å². The number of halogens is 1. The number of hydrogen-bond donors (Lipinski definition) is 1. The van der Waals surface area contributed by atoms with Crippen LogP contribution in [0, 0.1) is 12.7 Å². The third kappa shape index (κ3) is 6.80. The molecule has 1 N–H and O–H groups in total. The fourth-order valence-corrected chi connectivity index (χ4v) is 7.39.